The van der Waals surface area contributed by atoms with Gasteiger partial charge in [0.05, 0.1) is 4.92 Å². The van der Waals surface area contributed by atoms with Crippen molar-refractivity contribution in [2.24, 2.45) is 0 Å². The Hall–Kier alpha value is -3.76. The average Bonchev–Trinajstić information content (AvgIpc) is 2.66. The number of nitrogens with one attached hydrogen (secondary N) is 1. The Balaban J connectivity index is 1.80. The number of nitro groups is 1. The second kappa shape index (κ2) is 9.16. The van der Waals surface area contributed by atoms with E-state index in [1.807, 2.05) is 0 Å². The number of non-ortho nitro benzene ring substituents is 1. The van der Waals surface area contributed by atoms with Gasteiger partial charge < -0.3 is 14.8 Å². The summed E-state index contributed by atoms with van der Waals surface area (Å²) in [5, 5.41) is 13.3. The molecule has 2 amide bonds. The lowest BCUT2D eigenvalue weighted by molar-refractivity contribution is -0.384. The molecule has 12 nitrogen and oxygen atoms in total. The van der Waals surface area contributed by atoms with Crippen LogP contribution >= 0.6 is 0 Å². The van der Waals surface area contributed by atoms with Gasteiger partial charge in [0.2, 0.25) is 0 Å². The summed E-state index contributed by atoms with van der Waals surface area (Å²) in [7, 11) is 0. The SMILES string of the molecule is CC(C)(C)OC(=O)NC1C(=O)N(OCC(=O)OCc2ccc([N+](=O)[O-])cc2)C1=C=O. The Labute approximate surface area is 170 Å². The van der Waals surface area contributed by atoms with Crippen molar-refractivity contribution in [3.05, 3.63) is 45.6 Å². The van der Waals surface area contributed by atoms with Crippen LogP contribution in [0.4, 0.5) is 10.5 Å². The van der Waals surface area contributed by atoms with Crippen molar-refractivity contribution < 1.29 is 38.4 Å². The standard InChI is InChI=1S/C18H19N3O9/c1-18(2,3)30-17(25)19-15-13(8-22)20(16(15)24)29-10-14(23)28-9-11-4-6-12(7-5-11)21(26)27/h4-7,15H,9-10H2,1-3H3,(H,19,25). The zero-order valence-corrected chi connectivity index (χ0v) is 16.4. The number of benzene rings is 1. The highest BCUT2D eigenvalue weighted by molar-refractivity contribution is 5.99. The van der Waals surface area contributed by atoms with Crippen LogP contribution < -0.4 is 5.32 Å². The maximum Gasteiger partial charge on any atom is 0.408 e. The first kappa shape index (κ1) is 22.5. The van der Waals surface area contributed by atoms with Crippen molar-refractivity contribution in [1.82, 2.24) is 10.4 Å². The first-order valence-corrected chi connectivity index (χ1v) is 8.62. The van der Waals surface area contributed by atoms with E-state index in [9.17, 15) is 29.3 Å². The molecule has 1 aromatic carbocycles. The molecule has 0 aromatic heterocycles. The lowest BCUT2D eigenvalue weighted by Gasteiger charge is -2.37. The van der Waals surface area contributed by atoms with Crippen LogP contribution in [-0.2, 0) is 35.3 Å². The van der Waals surface area contributed by atoms with Gasteiger partial charge in [-0.25, -0.2) is 14.4 Å². The molecule has 1 saturated heterocycles. The van der Waals surface area contributed by atoms with Crippen molar-refractivity contribution in [3.8, 4) is 0 Å². The van der Waals surface area contributed by atoms with Crippen LogP contribution in [0.1, 0.15) is 26.3 Å². The molecule has 0 saturated carbocycles. The van der Waals surface area contributed by atoms with Gasteiger partial charge in [-0.1, -0.05) is 0 Å². The summed E-state index contributed by atoms with van der Waals surface area (Å²) in [5.41, 5.74) is -0.725. The van der Waals surface area contributed by atoms with E-state index in [1.54, 1.807) is 20.8 Å². The van der Waals surface area contributed by atoms with Gasteiger partial charge in [-0.15, -0.1) is 0 Å². The number of carbonyl (C=O) groups excluding carboxylic acids is 4. The third kappa shape index (κ3) is 5.87. The van der Waals surface area contributed by atoms with Gasteiger partial charge in [0.15, 0.2) is 24.3 Å². The van der Waals surface area contributed by atoms with Crippen LogP contribution in [0.5, 0.6) is 0 Å². The first-order chi connectivity index (χ1) is 14.0. The molecule has 0 spiro atoms. The number of ether oxygens (including phenoxy) is 2. The molecule has 1 heterocycles. The van der Waals surface area contributed by atoms with E-state index in [0.29, 0.717) is 10.6 Å². The lowest BCUT2D eigenvalue weighted by atomic mass is 10.1. The number of β-lactam (4-membered cyclic amide) rings is 1. The number of alkyl carbamates (subject to hydrolysis) is 1. The fourth-order valence-electron chi connectivity index (χ4n) is 2.23. The average molecular weight is 421 g/mol. The van der Waals surface area contributed by atoms with E-state index in [4.69, 9.17) is 14.3 Å². The molecule has 0 bridgehead atoms. The lowest BCUT2D eigenvalue weighted by Crippen LogP contribution is -2.62. The Morgan fingerprint density at radius 3 is 2.43 bits per heavy atom. The highest BCUT2D eigenvalue weighted by Crippen LogP contribution is 2.23. The number of hydrogen-bond donors (Lipinski definition) is 1. The monoisotopic (exact) mass is 421 g/mol. The van der Waals surface area contributed by atoms with Gasteiger partial charge in [0.1, 0.15) is 12.2 Å². The van der Waals surface area contributed by atoms with E-state index in [2.05, 4.69) is 5.32 Å². The number of esters is 1. The summed E-state index contributed by atoms with van der Waals surface area (Å²) in [5.74, 6) is -0.176. The largest absolute Gasteiger partial charge is 0.459 e. The van der Waals surface area contributed by atoms with Crippen LogP contribution in [0.15, 0.2) is 30.0 Å². The van der Waals surface area contributed by atoms with E-state index < -0.39 is 41.1 Å². The van der Waals surface area contributed by atoms with Gasteiger partial charge in [0.25, 0.3) is 11.6 Å². The summed E-state index contributed by atoms with van der Waals surface area (Å²) >= 11 is 0. The van der Waals surface area contributed by atoms with Crippen LogP contribution in [0.25, 0.3) is 0 Å². The Morgan fingerprint density at radius 2 is 1.90 bits per heavy atom. The molecule has 1 atom stereocenters. The molecule has 30 heavy (non-hydrogen) atoms. The third-order valence-electron chi connectivity index (χ3n) is 3.56. The molecule has 2 rings (SSSR count). The van der Waals surface area contributed by atoms with Crippen LogP contribution in [0.3, 0.4) is 0 Å². The molecule has 0 radical (unpaired) electrons. The molecule has 1 fully saturated rings. The molecule has 1 N–H and O–H groups in total. The maximum absolute atomic E-state index is 12.0. The second-order valence-electron chi connectivity index (χ2n) is 7.06. The predicted molar refractivity (Wildman–Crippen MR) is 98.1 cm³/mol. The van der Waals surface area contributed by atoms with Crippen molar-refractivity contribution in [2.75, 3.05) is 6.61 Å². The molecule has 1 unspecified atom stereocenters. The van der Waals surface area contributed by atoms with Gasteiger partial charge in [-0.3, -0.25) is 19.7 Å². The third-order valence-corrected chi connectivity index (χ3v) is 3.56. The molecule has 12 heteroatoms. The normalized spacial score (nSPS) is 15.7. The van der Waals surface area contributed by atoms with E-state index in [1.165, 1.54) is 30.2 Å². The van der Waals surface area contributed by atoms with Crippen molar-refractivity contribution in [1.29, 1.82) is 0 Å². The highest BCUT2D eigenvalue weighted by atomic mass is 16.7. The minimum atomic E-state index is -1.30. The number of rotatable bonds is 7. The Kier molecular flexibility index (Phi) is 6.88. The topological polar surface area (TPSA) is 154 Å². The summed E-state index contributed by atoms with van der Waals surface area (Å²) in [6, 6.07) is 4.07. The molecule has 1 aliphatic heterocycles. The summed E-state index contributed by atoms with van der Waals surface area (Å²) < 4.78 is 9.93. The van der Waals surface area contributed by atoms with Gasteiger partial charge in [0, 0.05) is 12.1 Å². The molecule has 160 valence electrons. The first-order valence-electron chi connectivity index (χ1n) is 8.62. The minimum Gasteiger partial charge on any atom is -0.459 e. The second-order valence-corrected chi connectivity index (χ2v) is 7.06. The summed E-state index contributed by atoms with van der Waals surface area (Å²) in [6.45, 7) is 4.02. The highest BCUT2D eigenvalue weighted by Gasteiger charge is 2.47. The van der Waals surface area contributed by atoms with Crippen molar-refractivity contribution in [2.45, 2.75) is 39.0 Å². The smallest absolute Gasteiger partial charge is 0.408 e. The zero-order valence-electron chi connectivity index (χ0n) is 16.4. The fourth-order valence-corrected chi connectivity index (χ4v) is 2.23. The number of carbonyl (C=O) groups is 3. The summed E-state index contributed by atoms with van der Waals surface area (Å²) in [4.78, 5) is 61.5. The zero-order chi connectivity index (χ0) is 22.5. The van der Waals surface area contributed by atoms with Crippen LogP contribution in [0.2, 0.25) is 0 Å². The van der Waals surface area contributed by atoms with Crippen molar-refractivity contribution in [3.63, 3.8) is 0 Å². The van der Waals surface area contributed by atoms with Crippen LogP contribution in [0, 0.1) is 10.1 Å². The number of amides is 2. The predicted octanol–water partition coefficient (Wildman–Crippen LogP) is 1.02. The van der Waals surface area contributed by atoms with E-state index in [0.717, 1.165) is 0 Å². The van der Waals surface area contributed by atoms with Gasteiger partial charge in [-0.05, 0) is 38.5 Å². The fraction of sp³-hybridized carbons (Fsp3) is 0.389. The quantitative estimate of drug-likeness (QED) is 0.223. The Bertz CT molecular complexity index is 898. The minimum absolute atomic E-state index is 0.104. The number of nitro benzene ring substituents is 1. The molecular weight excluding hydrogens is 402 g/mol. The van der Waals surface area contributed by atoms with E-state index >= 15 is 0 Å². The van der Waals surface area contributed by atoms with Gasteiger partial charge in [-0.2, -0.15) is 5.06 Å². The van der Waals surface area contributed by atoms with Crippen molar-refractivity contribution >= 4 is 29.6 Å². The molecule has 1 aromatic rings. The van der Waals surface area contributed by atoms with Gasteiger partial charge >= 0.3 is 12.1 Å². The Morgan fingerprint density at radius 1 is 1.27 bits per heavy atom. The number of hydroxylamine groups is 2. The van der Waals surface area contributed by atoms with Crippen LogP contribution in [-0.4, -0.2) is 52.1 Å². The molecule has 1 aliphatic rings. The number of hydrogen-bond acceptors (Lipinski definition) is 9. The molecule has 0 aliphatic carbocycles. The molecular formula is C18H19N3O9. The van der Waals surface area contributed by atoms with E-state index in [-0.39, 0.29) is 18.0 Å². The summed E-state index contributed by atoms with van der Waals surface area (Å²) in [6.07, 6.45) is -0.907. The maximum atomic E-state index is 12.0. The number of nitrogens with zero attached hydrogens (tertiary/aromatic N) is 2.